The van der Waals surface area contributed by atoms with Gasteiger partial charge in [-0.15, -0.1) is 12.4 Å². The van der Waals surface area contributed by atoms with Crippen molar-refractivity contribution in [3.05, 3.63) is 28.2 Å². The fraction of sp³-hybridized carbons (Fsp3) is 0.364. The van der Waals surface area contributed by atoms with Crippen molar-refractivity contribution in [2.75, 3.05) is 13.7 Å². The molecule has 0 saturated carbocycles. The topological polar surface area (TPSA) is 61.5 Å². The minimum absolute atomic E-state index is 0. The van der Waals surface area contributed by atoms with Crippen molar-refractivity contribution >= 4 is 34.3 Å². The molecule has 0 heterocycles. The third kappa shape index (κ3) is 4.93. The largest absolute Gasteiger partial charge is 0.491 e. The first-order valence-electron chi connectivity index (χ1n) is 4.81. The van der Waals surface area contributed by atoms with Gasteiger partial charge >= 0.3 is 5.97 Å². The van der Waals surface area contributed by atoms with Crippen LogP contribution in [0.5, 0.6) is 5.75 Å². The molecule has 0 spiro atoms. The Hall–Kier alpha value is -0.780. The van der Waals surface area contributed by atoms with E-state index in [1.807, 2.05) is 6.92 Å². The third-order valence-corrected chi connectivity index (χ3v) is 2.34. The molecule has 0 amide bonds. The van der Waals surface area contributed by atoms with E-state index in [1.54, 1.807) is 18.2 Å². The molecule has 6 heteroatoms. The van der Waals surface area contributed by atoms with Gasteiger partial charge in [0.15, 0.2) is 0 Å². The van der Waals surface area contributed by atoms with Crippen molar-refractivity contribution in [3.63, 3.8) is 0 Å². The van der Waals surface area contributed by atoms with Gasteiger partial charge in [0.25, 0.3) is 0 Å². The van der Waals surface area contributed by atoms with Gasteiger partial charge in [-0.05, 0) is 25.1 Å². The first-order chi connectivity index (χ1) is 7.54. The zero-order valence-corrected chi connectivity index (χ0v) is 12.0. The van der Waals surface area contributed by atoms with Crippen molar-refractivity contribution in [3.8, 4) is 5.75 Å². The minimum Gasteiger partial charge on any atom is -0.491 e. The number of carbonyl (C=O) groups is 1. The molecular formula is C11H15BrClNO3. The molecule has 1 aromatic carbocycles. The number of methoxy groups -OCH3 is 1. The zero-order chi connectivity index (χ0) is 12.1. The number of hydrogen-bond acceptors (Lipinski definition) is 4. The van der Waals surface area contributed by atoms with Crippen molar-refractivity contribution in [2.24, 2.45) is 5.73 Å². The van der Waals surface area contributed by atoms with E-state index in [9.17, 15) is 4.79 Å². The van der Waals surface area contributed by atoms with Crippen LogP contribution in [0.2, 0.25) is 0 Å². The molecule has 96 valence electrons. The van der Waals surface area contributed by atoms with Crippen LogP contribution < -0.4 is 10.5 Å². The monoisotopic (exact) mass is 323 g/mol. The van der Waals surface area contributed by atoms with Crippen LogP contribution in [0.25, 0.3) is 0 Å². The maximum Gasteiger partial charge on any atom is 0.341 e. The summed E-state index contributed by atoms with van der Waals surface area (Å²) in [7, 11) is 1.33. The van der Waals surface area contributed by atoms with Crippen molar-refractivity contribution in [2.45, 2.75) is 13.0 Å². The van der Waals surface area contributed by atoms with Crippen LogP contribution >= 0.6 is 28.3 Å². The number of halogens is 2. The molecule has 0 fully saturated rings. The molecule has 1 atom stereocenters. The number of carbonyl (C=O) groups excluding carboxylic acids is 1. The average Bonchev–Trinajstić information content (AvgIpc) is 2.25. The maximum atomic E-state index is 11.4. The van der Waals surface area contributed by atoms with Crippen LogP contribution in [0.15, 0.2) is 22.7 Å². The Morgan fingerprint density at radius 3 is 2.71 bits per heavy atom. The smallest absolute Gasteiger partial charge is 0.341 e. The molecule has 0 aliphatic heterocycles. The molecule has 1 aromatic rings. The van der Waals surface area contributed by atoms with Gasteiger partial charge in [0, 0.05) is 10.5 Å². The van der Waals surface area contributed by atoms with Crippen LogP contribution in [0.1, 0.15) is 17.3 Å². The van der Waals surface area contributed by atoms with Crippen molar-refractivity contribution < 1.29 is 14.3 Å². The predicted molar refractivity (Wildman–Crippen MR) is 71.9 cm³/mol. The standard InChI is InChI=1S/C11H14BrNO3.ClH/c1-7(13)6-16-10-5-8(12)3-4-9(10)11(14)15-2;/h3-5,7H,6,13H2,1-2H3;1H. The summed E-state index contributed by atoms with van der Waals surface area (Å²) < 4.78 is 10.9. The van der Waals surface area contributed by atoms with E-state index in [1.165, 1.54) is 7.11 Å². The van der Waals surface area contributed by atoms with Crippen molar-refractivity contribution in [1.29, 1.82) is 0 Å². The SMILES string of the molecule is COC(=O)c1ccc(Br)cc1OCC(C)N.Cl. The van der Waals surface area contributed by atoms with Gasteiger partial charge in [-0.2, -0.15) is 0 Å². The number of hydrogen-bond donors (Lipinski definition) is 1. The number of nitrogens with two attached hydrogens (primary N) is 1. The summed E-state index contributed by atoms with van der Waals surface area (Å²) in [4.78, 5) is 11.4. The van der Waals surface area contributed by atoms with Crippen LogP contribution in [0.3, 0.4) is 0 Å². The third-order valence-electron chi connectivity index (χ3n) is 1.85. The lowest BCUT2D eigenvalue weighted by atomic mass is 10.2. The molecule has 1 rings (SSSR count). The Bertz CT molecular complexity index is 385. The maximum absolute atomic E-state index is 11.4. The zero-order valence-electron chi connectivity index (χ0n) is 9.60. The van der Waals surface area contributed by atoms with Gasteiger partial charge in [0.1, 0.15) is 17.9 Å². The molecule has 0 bridgehead atoms. The number of rotatable bonds is 4. The van der Waals surface area contributed by atoms with Gasteiger partial charge in [-0.1, -0.05) is 15.9 Å². The molecule has 0 aliphatic carbocycles. The quantitative estimate of drug-likeness (QED) is 0.864. The molecule has 1 unspecified atom stereocenters. The number of benzene rings is 1. The van der Waals surface area contributed by atoms with Crippen LogP contribution in [0.4, 0.5) is 0 Å². The summed E-state index contributed by atoms with van der Waals surface area (Å²) in [5, 5.41) is 0. The minimum atomic E-state index is -0.424. The van der Waals surface area contributed by atoms with E-state index in [-0.39, 0.29) is 18.4 Å². The van der Waals surface area contributed by atoms with Gasteiger partial charge in [0.05, 0.1) is 7.11 Å². The average molecular weight is 325 g/mol. The lowest BCUT2D eigenvalue weighted by molar-refractivity contribution is 0.0595. The van der Waals surface area contributed by atoms with Gasteiger partial charge in [-0.3, -0.25) is 0 Å². The summed E-state index contributed by atoms with van der Waals surface area (Å²) in [5.41, 5.74) is 5.98. The summed E-state index contributed by atoms with van der Waals surface area (Å²) in [6.45, 7) is 2.18. The van der Waals surface area contributed by atoms with E-state index < -0.39 is 5.97 Å². The van der Waals surface area contributed by atoms with Crippen LogP contribution in [-0.4, -0.2) is 25.7 Å². The van der Waals surface area contributed by atoms with Crippen molar-refractivity contribution in [1.82, 2.24) is 0 Å². The molecule has 4 nitrogen and oxygen atoms in total. The molecule has 2 N–H and O–H groups in total. The molecule has 17 heavy (non-hydrogen) atoms. The predicted octanol–water partition coefficient (Wildman–Crippen LogP) is 2.38. The Balaban J connectivity index is 0.00000256. The van der Waals surface area contributed by atoms with Gasteiger partial charge in [-0.25, -0.2) is 4.79 Å². The highest BCUT2D eigenvalue weighted by atomic mass is 79.9. The molecular weight excluding hydrogens is 309 g/mol. The molecule has 0 aromatic heterocycles. The second kappa shape index (κ2) is 7.53. The lowest BCUT2D eigenvalue weighted by Crippen LogP contribution is -2.24. The highest BCUT2D eigenvalue weighted by molar-refractivity contribution is 9.10. The van der Waals surface area contributed by atoms with Crippen LogP contribution in [-0.2, 0) is 4.74 Å². The Morgan fingerprint density at radius 1 is 1.53 bits per heavy atom. The second-order valence-electron chi connectivity index (χ2n) is 3.42. The highest BCUT2D eigenvalue weighted by Crippen LogP contribution is 2.24. The highest BCUT2D eigenvalue weighted by Gasteiger charge is 2.13. The van der Waals surface area contributed by atoms with E-state index in [2.05, 4.69) is 20.7 Å². The summed E-state index contributed by atoms with van der Waals surface area (Å²) in [6.07, 6.45) is 0. The van der Waals surface area contributed by atoms with E-state index in [4.69, 9.17) is 10.5 Å². The second-order valence-corrected chi connectivity index (χ2v) is 4.34. The van der Waals surface area contributed by atoms with Gasteiger partial charge < -0.3 is 15.2 Å². The number of esters is 1. The van der Waals surface area contributed by atoms with E-state index in [0.717, 1.165) is 4.47 Å². The molecule has 0 saturated heterocycles. The summed E-state index contributed by atoms with van der Waals surface area (Å²) in [6, 6.07) is 5.02. The number of ether oxygens (including phenoxy) is 2. The Kier molecular flexibility index (Phi) is 7.18. The molecule has 0 aliphatic rings. The first-order valence-corrected chi connectivity index (χ1v) is 5.60. The fourth-order valence-electron chi connectivity index (χ4n) is 1.12. The van der Waals surface area contributed by atoms with E-state index in [0.29, 0.717) is 17.9 Å². The fourth-order valence-corrected chi connectivity index (χ4v) is 1.46. The summed E-state index contributed by atoms with van der Waals surface area (Å²) in [5.74, 6) is 0.0469. The first kappa shape index (κ1) is 16.2. The Labute approximate surface area is 115 Å². The molecule has 0 radical (unpaired) electrons. The Morgan fingerprint density at radius 2 is 2.18 bits per heavy atom. The van der Waals surface area contributed by atoms with E-state index >= 15 is 0 Å². The lowest BCUT2D eigenvalue weighted by Gasteiger charge is -2.12. The van der Waals surface area contributed by atoms with Gasteiger partial charge in [0.2, 0.25) is 0 Å². The summed E-state index contributed by atoms with van der Waals surface area (Å²) >= 11 is 3.31. The van der Waals surface area contributed by atoms with Crippen LogP contribution in [0, 0.1) is 0 Å². The normalized spacial score (nSPS) is 11.3.